The summed E-state index contributed by atoms with van der Waals surface area (Å²) in [5.41, 5.74) is 8.91. The van der Waals surface area contributed by atoms with E-state index in [0.29, 0.717) is 0 Å². The summed E-state index contributed by atoms with van der Waals surface area (Å²) in [7, 11) is 0. The van der Waals surface area contributed by atoms with Crippen LogP contribution in [0.3, 0.4) is 0 Å². The molecule has 0 amide bonds. The van der Waals surface area contributed by atoms with Crippen molar-refractivity contribution in [2.24, 2.45) is 11.7 Å². The van der Waals surface area contributed by atoms with Crippen molar-refractivity contribution < 1.29 is 0 Å². The second kappa shape index (κ2) is 8.60. The molecular weight excluding hydrogens is 238 g/mol. The van der Waals surface area contributed by atoms with Crippen molar-refractivity contribution in [2.45, 2.75) is 46.1 Å². The van der Waals surface area contributed by atoms with Crippen LogP contribution in [0.25, 0.3) is 0 Å². The van der Waals surface area contributed by atoms with Crippen LogP contribution in [0.5, 0.6) is 0 Å². The second-order valence-corrected chi connectivity index (χ2v) is 6.22. The van der Waals surface area contributed by atoms with Crippen LogP contribution in [-0.2, 0) is 6.42 Å². The summed E-state index contributed by atoms with van der Waals surface area (Å²) < 4.78 is 0. The molecule has 1 nitrogen and oxygen atoms in total. The van der Waals surface area contributed by atoms with Crippen molar-refractivity contribution in [2.75, 3.05) is 11.5 Å². The summed E-state index contributed by atoms with van der Waals surface area (Å²) in [6.07, 6.45) is 3.63. The highest BCUT2D eigenvalue weighted by Crippen LogP contribution is 2.19. The molecule has 0 spiro atoms. The van der Waals surface area contributed by atoms with E-state index in [-0.39, 0.29) is 6.04 Å². The molecule has 18 heavy (non-hydrogen) atoms. The smallest absolute Gasteiger partial charge is 0.0386 e. The Morgan fingerprint density at radius 2 is 1.78 bits per heavy atom. The van der Waals surface area contributed by atoms with Crippen molar-refractivity contribution in [1.82, 2.24) is 0 Å². The van der Waals surface area contributed by atoms with E-state index < -0.39 is 0 Å². The molecule has 0 saturated carbocycles. The van der Waals surface area contributed by atoms with Crippen molar-refractivity contribution in [3.63, 3.8) is 0 Å². The van der Waals surface area contributed by atoms with E-state index in [1.165, 1.54) is 29.7 Å². The van der Waals surface area contributed by atoms with Gasteiger partial charge in [0, 0.05) is 11.8 Å². The normalized spacial score (nSPS) is 14.4. The Bertz CT molecular complexity index is 320. The number of hydrogen-bond donors (Lipinski definition) is 1. The average molecular weight is 265 g/mol. The molecule has 0 saturated heterocycles. The van der Waals surface area contributed by atoms with E-state index in [4.69, 9.17) is 5.73 Å². The molecular formula is C16H27NS. The Balaban J connectivity index is 2.39. The molecule has 0 aliphatic carbocycles. The molecule has 0 aliphatic rings. The largest absolute Gasteiger partial charge is 0.323 e. The zero-order chi connectivity index (χ0) is 13.4. The summed E-state index contributed by atoms with van der Waals surface area (Å²) in [6, 6.07) is 9.00. The minimum Gasteiger partial charge on any atom is -0.323 e. The number of nitrogens with two attached hydrogens (primary N) is 1. The van der Waals surface area contributed by atoms with Crippen molar-refractivity contribution in [1.29, 1.82) is 0 Å². The number of hydrogen-bond acceptors (Lipinski definition) is 2. The average Bonchev–Trinajstić information content (AvgIpc) is 2.39. The summed E-state index contributed by atoms with van der Waals surface area (Å²) in [6.45, 7) is 6.76. The molecule has 0 aliphatic heterocycles. The fourth-order valence-corrected chi connectivity index (χ4v) is 3.05. The molecule has 1 rings (SSSR count). The van der Waals surface area contributed by atoms with Gasteiger partial charge in [-0.05, 0) is 29.2 Å². The van der Waals surface area contributed by atoms with E-state index in [0.717, 1.165) is 18.1 Å². The van der Waals surface area contributed by atoms with Gasteiger partial charge in [-0.1, -0.05) is 57.9 Å². The van der Waals surface area contributed by atoms with Gasteiger partial charge in [-0.3, -0.25) is 0 Å². The fraction of sp³-hybridized carbons (Fsp3) is 0.625. The van der Waals surface area contributed by atoms with Gasteiger partial charge in [-0.15, -0.1) is 0 Å². The summed E-state index contributed by atoms with van der Waals surface area (Å²) in [4.78, 5) is 0. The Morgan fingerprint density at radius 3 is 2.33 bits per heavy atom. The maximum atomic E-state index is 6.23. The second-order valence-electron chi connectivity index (χ2n) is 5.15. The quantitative estimate of drug-likeness (QED) is 0.753. The zero-order valence-corrected chi connectivity index (χ0v) is 12.8. The van der Waals surface area contributed by atoms with Crippen LogP contribution in [0.4, 0.5) is 0 Å². The molecule has 0 heterocycles. The molecule has 1 aromatic carbocycles. The van der Waals surface area contributed by atoms with Gasteiger partial charge in [-0.25, -0.2) is 0 Å². The SMILES string of the molecule is CCCc1ccc(C(N)CSCC(C)CC)cc1. The van der Waals surface area contributed by atoms with E-state index in [2.05, 4.69) is 45.0 Å². The Morgan fingerprint density at radius 1 is 1.11 bits per heavy atom. The lowest BCUT2D eigenvalue weighted by Gasteiger charge is -2.14. The zero-order valence-electron chi connectivity index (χ0n) is 12.0. The maximum Gasteiger partial charge on any atom is 0.0386 e. The van der Waals surface area contributed by atoms with Crippen molar-refractivity contribution in [3.05, 3.63) is 35.4 Å². The first-order valence-electron chi connectivity index (χ1n) is 7.09. The molecule has 2 heteroatoms. The number of rotatable bonds is 8. The van der Waals surface area contributed by atoms with Crippen molar-refractivity contribution >= 4 is 11.8 Å². The van der Waals surface area contributed by atoms with E-state index in [1.54, 1.807) is 0 Å². The van der Waals surface area contributed by atoms with Crippen LogP contribution in [0, 0.1) is 5.92 Å². The third-order valence-electron chi connectivity index (χ3n) is 3.34. The molecule has 2 unspecified atom stereocenters. The molecule has 102 valence electrons. The monoisotopic (exact) mass is 265 g/mol. The van der Waals surface area contributed by atoms with Gasteiger partial charge in [0.2, 0.25) is 0 Å². The van der Waals surface area contributed by atoms with Crippen LogP contribution in [0.15, 0.2) is 24.3 Å². The van der Waals surface area contributed by atoms with Gasteiger partial charge in [-0.2, -0.15) is 11.8 Å². The molecule has 2 N–H and O–H groups in total. The number of benzene rings is 1. The van der Waals surface area contributed by atoms with E-state index in [1.807, 2.05) is 11.8 Å². The Kier molecular flexibility index (Phi) is 7.45. The lowest BCUT2D eigenvalue weighted by molar-refractivity contribution is 0.636. The van der Waals surface area contributed by atoms with Gasteiger partial charge in [0.15, 0.2) is 0 Å². The highest BCUT2D eigenvalue weighted by molar-refractivity contribution is 7.99. The standard InChI is InChI=1S/C16H27NS/c1-4-6-14-7-9-15(10-8-14)16(17)12-18-11-13(3)5-2/h7-10,13,16H,4-6,11-12,17H2,1-3H3. The third kappa shape index (κ3) is 5.45. The lowest BCUT2D eigenvalue weighted by atomic mass is 10.0. The lowest BCUT2D eigenvalue weighted by Crippen LogP contribution is -2.14. The minimum atomic E-state index is 0.176. The van der Waals surface area contributed by atoms with Gasteiger partial charge in [0.1, 0.15) is 0 Å². The Hall–Kier alpha value is -0.470. The first-order valence-corrected chi connectivity index (χ1v) is 8.25. The molecule has 0 radical (unpaired) electrons. The van der Waals surface area contributed by atoms with Crippen LogP contribution in [0.2, 0.25) is 0 Å². The molecule has 2 atom stereocenters. The number of aryl methyl sites for hydroxylation is 1. The van der Waals surface area contributed by atoms with Gasteiger partial charge < -0.3 is 5.73 Å². The summed E-state index contributed by atoms with van der Waals surface area (Å²) in [5.74, 6) is 3.05. The van der Waals surface area contributed by atoms with Crippen LogP contribution >= 0.6 is 11.8 Å². The van der Waals surface area contributed by atoms with Crippen LogP contribution in [-0.4, -0.2) is 11.5 Å². The first kappa shape index (κ1) is 15.6. The minimum absolute atomic E-state index is 0.176. The first-order chi connectivity index (χ1) is 8.67. The predicted molar refractivity (Wildman–Crippen MR) is 84.1 cm³/mol. The van der Waals surface area contributed by atoms with Crippen LogP contribution < -0.4 is 5.73 Å². The molecule has 0 bridgehead atoms. The summed E-state index contributed by atoms with van der Waals surface area (Å²) >= 11 is 1.98. The number of thioether (sulfide) groups is 1. The van der Waals surface area contributed by atoms with E-state index in [9.17, 15) is 0 Å². The van der Waals surface area contributed by atoms with Crippen molar-refractivity contribution in [3.8, 4) is 0 Å². The highest BCUT2D eigenvalue weighted by atomic mass is 32.2. The topological polar surface area (TPSA) is 26.0 Å². The maximum absolute atomic E-state index is 6.23. The van der Waals surface area contributed by atoms with Crippen LogP contribution in [0.1, 0.15) is 50.8 Å². The van der Waals surface area contributed by atoms with E-state index >= 15 is 0 Å². The molecule has 0 fully saturated rings. The fourth-order valence-electron chi connectivity index (χ4n) is 1.83. The molecule has 0 aromatic heterocycles. The molecule has 1 aromatic rings. The predicted octanol–water partition coefficient (Wildman–Crippen LogP) is 4.42. The summed E-state index contributed by atoms with van der Waals surface area (Å²) in [5, 5.41) is 0. The van der Waals surface area contributed by atoms with Gasteiger partial charge in [0.25, 0.3) is 0 Å². The third-order valence-corrected chi connectivity index (χ3v) is 4.74. The van der Waals surface area contributed by atoms with Gasteiger partial charge >= 0.3 is 0 Å². The highest BCUT2D eigenvalue weighted by Gasteiger charge is 2.07. The Labute approximate surface area is 117 Å². The van der Waals surface area contributed by atoms with Gasteiger partial charge in [0.05, 0.1) is 0 Å².